The number of benzene rings is 2. The molecule has 3 N–H and O–H groups in total. The van der Waals surface area contributed by atoms with Crippen molar-refractivity contribution in [3.05, 3.63) is 59.2 Å². The fourth-order valence-corrected chi connectivity index (χ4v) is 2.74. The average molecular weight is 323 g/mol. The van der Waals surface area contributed by atoms with E-state index in [0.717, 1.165) is 10.5 Å². The molecular formula is C18H17N3O3. The van der Waals surface area contributed by atoms with Gasteiger partial charge in [0.2, 0.25) is 5.91 Å². The number of imide groups is 1. The van der Waals surface area contributed by atoms with E-state index < -0.39 is 23.8 Å². The molecule has 3 rings (SSSR count). The number of carbonyl (C=O) groups excluding carboxylic acids is 3. The van der Waals surface area contributed by atoms with Gasteiger partial charge in [-0.2, -0.15) is 0 Å². The van der Waals surface area contributed by atoms with Crippen LogP contribution in [0.15, 0.2) is 42.5 Å². The van der Waals surface area contributed by atoms with Crippen molar-refractivity contribution in [1.82, 2.24) is 4.90 Å². The third-order valence-corrected chi connectivity index (χ3v) is 4.10. The topological polar surface area (TPSA) is 92.5 Å². The van der Waals surface area contributed by atoms with Crippen molar-refractivity contribution in [2.45, 2.75) is 19.9 Å². The molecule has 1 aliphatic heterocycles. The number of nitrogens with one attached hydrogen (secondary N) is 1. The second-order valence-corrected chi connectivity index (χ2v) is 5.77. The van der Waals surface area contributed by atoms with Gasteiger partial charge in [-0.05, 0) is 49.7 Å². The lowest BCUT2D eigenvalue weighted by Crippen LogP contribution is -2.45. The first-order chi connectivity index (χ1) is 11.4. The van der Waals surface area contributed by atoms with Gasteiger partial charge in [0, 0.05) is 11.4 Å². The second kappa shape index (κ2) is 5.81. The van der Waals surface area contributed by atoms with Crippen LogP contribution in [0.3, 0.4) is 0 Å². The van der Waals surface area contributed by atoms with E-state index in [4.69, 9.17) is 5.73 Å². The molecule has 0 saturated carbocycles. The van der Waals surface area contributed by atoms with Crippen LogP contribution in [-0.2, 0) is 4.79 Å². The molecule has 2 aromatic rings. The van der Waals surface area contributed by atoms with Crippen LogP contribution in [0.25, 0.3) is 0 Å². The number of nitrogens with zero attached hydrogens (tertiary/aromatic N) is 1. The maximum atomic E-state index is 12.5. The van der Waals surface area contributed by atoms with E-state index in [9.17, 15) is 14.4 Å². The van der Waals surface area contributed by atoms with Crippen molar-refractivity contribution in [1.29, 1.82) is 0 Å². The van der Waals surface area contributed by atoms with Crippen molar-refractivity contribution < 1.29 is 14.4 Å². The number of carbonyl (C=O) groups is 3. The third kappa shape index (κ3) is 2.52. The van der Waals surface area contributed by atoms with Crippen LogP contribution in [0, 0.1) is 6.92 Å². The van der Waals surface area contributed by atoms with E-state index >= 15 is 0 Å². The normalized spacial score (nSPS) is 14.5. The Kier molecular flexibility index (Phi) is 3.81. The van der Waals surface area contributed by atoms with Gasteiger partial charge in [0.25, 0.3) is 11.8 Å². The van der Waals surface area contributed by atoms with Gasteiger partial charge in [-0.25, -0.2) is 0 Å². The lowest BCUT2D eigenvalue weighted by Gasteiger charge is -2.22. The molecule has 3 amide bonds. The molecule has 24 heavy (non-hydrogen) atoms. The van der Waals surface area contributed by atoms with E-state index in [1.807, 2.05) is 6.92 Å². The molecule has 122 valence electrons. The summed E-state index contributed by atoms with van der Waals surface area (Å²) in [6.45, 7) is 3.35. The zero-order valence-electron chi connectivity index (χ0n) is 13.4. The molecule has 0 fully saturated rings. The first-order valence-corrected chi connectivity index (χ1v) is 7.54. The highest BCUT2D eigenvalue weighted by atomic mass is 16.2. The van der Waals surface area contributed by atoms with Crippen LogP contribution in [-0.4, -0.2) is 28.7 Å². The first kappa shape index (κ1) is 15.7. The molecule has 0 aromatic heterocycles. The molecule has 6 heteroatoms. The number of anilines is 2. The lowest BCUT2D eigenvalue weighted by atomic mass is 10.1. The Labute approximate surface area is 139 Å². The summed E-state index contributed by atoms with van der Waals surface area (Å²) in [7, 11) is 0. The lowest BCUT2D eigenvalue weighted by molar-refractivity contribution is -0.119. The van der Waals surface area contributed by atoms with E-state index in [1.165, 1.54) is 6.92 Å². The Morgan fingerprint density at radius 2 is 1.67 bits per heavy atom. The van der Waals surface area contributed by atoms with Crippen molar-refractivity contribution in [2.24, 2.45) is 0 Å². The minimum Gasteiger partial charge on any atom is -0.399 e. The van der Waals surface area contributed by atoms with Crippen molar-refractivity contribution in [3.63, 3.8) is 0 Å². The van der Waals surface area contributed by atoms with Crippen molar-refractivity contribution >= 4 is 29.1 Å². The predicted molar refractivity (Wildman–Crippen MR) is 90.6 cm³/mol. The number of fused-ring (bicyclic) bond motifs is 1. The van der Waals surface area contributed by atoms with E-state index in [0.29, 0.717) is 22.5 Å². The van der Waals surface area contributed by atoms with Crippen molar-refractivity contribution in [2.75, 3.05) is 11.1 Å². The zero-order chi connectivity index (χ0) is 17.4. The number of amides is 3. The standard InChI is InChI=1S/C18H17N3O3/c1-10-9-12(19)7-8-15(10)20-16(22)11(2)21-17(23)13-5-3-4-6-14(13)18(21)24/h3-9,11H,19H2,1-2H3,(H,20,22). The van der Waals surface area contributed by atoms with Crippen LogP contribution in [0.2, 0.25) is 0 Å². The SMILES string of the molecule is Cc1cc(N)ccc1NC(=O)C(C)N1C(=O)c2ccccc2C1=O. The van der Waals surface area contributed by atoms with Gasteiger partial charge >= 0.3 is 0 Å². The summed E-state index contributed by atoms with van der Waals surface area (Å²) < 4.78 is 0. The molecule has 1 atom stereocenters. The molecule has 1 aliphatic rings. The monoisotopic (exact) mass is 323 g/mol. The van der Waals surface area contributed by atoms with Gasteiger partial charge in [-0.3, -0.25) is 19.3 Å². The molecular weight excluding hydrogens is 306 g/mol. The summed E-state index contributed by atoms with van der Waals surface area (Å²) in [5.41, 5.74) is 8.34. The largest absolute Gasteiger partial charge is 0.399 e. The van der Waals surface area contributed by atoms with Gasteiger partial charge in [0.05, 0.1) is 11.1 Å². The Bertz CT molecular complexity index is 825. The van der Waals surface area contributed by atoms with Gasteiger partial charge < -0.3 is 11.1 Å². The van der Waals surface area contributed by atoms with E-state index in [2.05, 4.69) is 5.32 Å². The molecule has 0 spiro atoms. The van der Waals surface area contributed by atoms with Gasteiger partial charge in [0.1, 0.15) is 6.04 Å². The summed E-state index contributed by atoms with van der Waals surface area (Å²) in [6, 6.07) is 10.7. The fraction of sp³-hybridized carbons (Fsp3) is 0.167. The quantitative estimate of drug-likeness (QED) is 0.669. The smallest absolute Gasteiger partial charge is 0.262 e. The Hall–Kier alpha value is -3.15. The number of hydrogen-bond acceptors (Lipinski definition) is 4. The van der Waals surface area contributed by atoms with Crippen LogP contribution in [0.1, 0.15) is 33.2 Å². The molecule has 2 aromatic carbocycles. The van der Waals surface area contributed by atoms with Gasteiger partial charge in [-0.15, -0.1) is 0 Å². The minimum atomic E-state index is -0.922. The van der Waals surface area contributed by atoms with Crippen LogP contribution >= 0.6 is 0 Å². The third-order valence-electron chi connectivity index (χ3n) is 4.10. The zero-order valence-corrected chi connectivity index (χ0v) is 13.4. The highest BCUT2D eigenvalue weighted by Crippen LogP contribution is 2.25. The summed E-state index contributed by atoms with van der Waals surface area (Å²) in [5.74, 6) is -1.34. The Balaban J connectivity index is 1.82. The Morgan fingerprint density at radius 3 is 2.21 bits per heavy atom. The summed E-state index contributed by atoms with van der Waals surface area (Å²) in [4.78, 5) is 38.3. The maximum Gasteiger partial charge on any atom is 0.262 e. The molecule has 1 unspecified atom stereocenters. The summed E-state index contributed by atoms with van der Waals surface area (Å²) in [5, 5.41) is 2.74. The molecule has 0 bridgehead atoms. The molecule has 0 saturated heterocycles. The second-order valence-electron chi connectivity index (χ2n) is 5.77. The molecule has 0 aliphatic carbocycles. The highest BCUT2D eigenvalue weighted by molar-refractivity contribution is 6.23. The minimum absolute atomic E-state index is 0.325. The fourth-order valence-electron chi connectivity index (χ4n) is 2.74. The molecule has 6 nitrogen and oxygen atoms in total. The number of hydrogen-bond donors (Lipinski definition) is 2. The average Bonchev–Trinajstić information content (AvgIpc) is 2.81. The number of nitrogen functional groups attached to an aromatic ring is 1. The first-order valence-electron chi connectivity index (χ1n) is 7.54. The van der Waals surface area contributed by atoms with E-state index in [-0.39, 0.29) is 0 Å². The Morgan fingerprint density at radius 1 is 1.08 bits per heavy atom. The number of aryl methyl sites for hydroxylation is 1. The van der Waals surface area contributed by atoms with Gasteiger partial charge in [-0.1, -0.05) is 12.1 Å². The van der Waals surface area contributed by atoms with Crippen LogP contribution in [0.5, 0.6) is 0 Å². The van der Waals surface area contributed by atoms with Crippen LogP contribution < -0.4 is 11.1 Å². The number of rotatable bonds is 3. The maximum absolute atomic E-state index is 12.5. The van der Waals surface area contributed by atoms with Crippen LogP contribution in [0.4, 0.5) is 11.4 Å². The van der Waals surface area contributed by atoms with Crippen molar-refractivity contribution in [3.8, 4) is 0 Å². The predicted octanol–water partition coefficient (Wildman–Crippen LogP) is 2.20. The highest BCUT2D eigenvalue weighted by Gasteiger charge is 2.40. The molecule has 0 radical (unpaired) electrons. The van der Waals surface area contributed by atoms with E-state index in [1.54, 1.807) is 42.5 Å². The summed E-state index contributed by atoms with van der Waals surface area (Å²) >= 11 is 0. The summed E-state index contributed by atoms with van der Waals surface area (Å²) in [6.07, 6.45) is 0. The van der Waals surface area contributed by atoms with Gasteiger partial charge in [0.15, 0.2) is 0 Å². The number of nitrogens with two attached hydrogens (primary N) is 1. The molecule has 1 heterocycles.